The molecule has 0 fully saturated rings. The van der Waals surface area contributed by atoms with Gasteiger partial charge in [-0.25, -0.2) is 4.79 Å². The summed E-state index contributed by atoms with van der Waals surface area (Å²) in [5.74, 6) is -2.47. The molecule has 0 aromatic heterocycles. The Morgan fingerprint density at radius 1 is 1.04 bits per heavy atom. The molecule has 126 valence electrons. The van der Waals surface area contributed by atoms with Gasteiger partial charge in [0.15, 0.2) is 0 Å². The fourth-order valence-electron chi connectivity index (χ4n) is 2.29. The quantitative estimate of drug-likeness (QED) is 0.555. The predicted octanol–water partition coefficient (Wildman–Crippen LogP) is 0.125. The number of carboxylic acids is 1. The van der Waals surface area contributed by atoms with Crippen LogP contribution in [0.5, 0.6) is 0 Å². The van der Waals surface area contributed by atoms with Crippen LogP contribution in [0.25, 0.3) is 0 Å². The summed E-state index contributed by atoms with van der Waals surface area (Å²) in [7, 11) is 0. The van der Waals surface area contributed by atoms with Gasteiger partial charge in [-0.15, -0.1) is 0 Å². The van der Waals surface area contributed by atoms with E-state index in [4.69, 9.17) is 11.5 Å². The SMILES string of the molecule is NCCCC[C@@H](C(=O)O)N(C(=O)CN)C(=O)Cc1ccccc1. The second-order valence-corrected chi connectivity index (χ2v) is 5.16. The maximum atomic E-state index is 12.5. The number of unbranched alkanes of at least 4 members (excludes halogenated alkanes) is 1. The van der Waals surface area contributed by atoms with Crippen LogP contribution < -0.4 is 11.5 Å². The standard InChI is InChI=1S/C16H23N3O4/c17-9-5-4-8-13(16(22)23)19(15(21)11-18)14(20)10-12-6-2-1-3-7-12/h1-3,6-7,13H,4-5,8-11,17-18H2,(H,22,23)/t13-/m0/s1. The second-order valence-electron chi connectivity index (χ2n) is 5.16. The average molecular weight is 321 g/mol. The Bertz CT molecular complexity index is 533. The van der Waals surface area contributed by atoms with Crippen molar-refractivity contribution in [2.24, 2.45) is 11.5 Å². The van der Waals surface area contributed by atoms with Gasteiger partial charge in [-0.05, 0) is 31.4 Å². The van der Waals surface area contributed by atoms with Gasteiger partial charge in [0.1, 0.15) is 6.04 Å². The monoisotopic (exact) mass is 321 g/mol. The topological polar surface area (TPSA) is 127 Å². The van der Waals surface area contributed by atoms with Crippen LogP contribution in [0.2, 0.25) is 0 Å². The Hall–Kier alpha value is -2.25. The highest BCUT2D eigenvalue weighted by Gasteiger charge is 2.33. The summed E-state index contributed by atoms with van der Waals surface area (Å²) in [5.41, 5.74) is 11.4. The first kappa shape index (κ1) is 18.8. The van der Waals surface area contributed by atoms with E-state index in [0.717, 1.165) is 4.90 Å². The first-order chi connectivity index (χ1) is 11.0. The summed E-state index contributed by atoms with van der Waals surface area (Å²) in [6.45, 7) is 0.0103. The third kappa shape index (κ3) is 5.80. The molecule has 0 bridgehead atoms. The third-order valence-electron chi connectivity index (χ3n) is 3.44. The highest BCUT2D eigenvalue weighted by Crippen LogP contribution is 2.13. The summed E-state index contributed by atoms with van der Waals surface area (Å²) in [6, 6.07) is 7.62. The van der Waals surface area contributed by atoms with Gasteiger partial charge < -0.3 is 16.6 Å². The predicted molar refractivity (Wildman–Crippen MR) is 85.4 cm³/mol. The Balaban J connectivity index is 2.93. The number of carboxylic acid groups (broad SMARTS) is 1. The number of hydrogen-bond acceptors (Lipinski definition) is 5. The van der Waals surface area contributed by atoms with Crippen LogP contribution in [-0.4, -0.2) is 46.9 Å². The summed E-state index contributed by atoms with van der Waals surface area (Å²) in [5, 5.41) is 9.38. The van der Waals surface area contributed by atoms with Crippen LogP contribution in [0.4, 0.5) is 0 Å². The maximum Gasteiger partial charge on any atom is 0.326 e. The molecule has 1 rings (SSSR count). The number of nitrogens with two attached hydrogens (primary N) is 2. The van der Waals surface area contributed by atoms with Crippen molar-refractivity contribution in [3.63, 3.8) is 0 Å². The lowest BCUT2D eigenvalue weighted by atomic mass is 10.1. The lowest BCUT2D eigenvalue weighted by molar-refractivity contribution is -0.157. The summed E-state index contributed by atoms with van der Waals surface area (Å²) >= 11 is 0. The van der Waals surface area contributed by atoms with Crippen LogP contribution in [0.3, 0.4) is 0 Å². The van der Waals surface area contributed by atoms with Crippen molar-refractivity contribution < 1.29 is 19.5 Å². The summed E-state index contributed by atoms with van der Waals surface area (Å²) < 4.78 is 0. The number of carbonyl (C=O) groups is 3. The normalized spacial score (nSPS) is 11.7. The molecule has 0 aliphatic rings. The lowest BCUT2D eigenvalue weighted by Crippen LogP contribution is -2.51. The first-order valence-electron chi connectivity index (χ1n) is 7.53. The van der Waals surface area contributed by atoms with Crippen LogP contribution >= 0.6 is 0 Å². The molecule has 0 heterocycles. The Morgan fingerprint density at radius 3 is 2.22 bits per heavy atom. The molecule has 0 saturated carbocycles. The van der Waals surface area contributed by atoms with E-state index in [1.165, 1.54) is 0 Å². The molecule has 0 unspecified atom stereocenters. The van der Waals surface area contributed by atoms with Gasteiger partial charge in [0, 0.05) is 0 Å². The summed E-state index contributed by atoms with van der Waals surface area (Å²) in [6.07, 6.45) is 1.26. The molecule has 0 aliphatic heterocycles. The number of rotatable bonds is 9. The number of hydrogen-bond donors (Lipinski definition) is 3. The molecule has 0 aliphatic carbocycles. The van der Waals surface area contributed by atoms with Crippen LogP contribution in [0.1, 0.15) is 24.8 Å². The van der Waals surface area contributed by atoms with E-state index in [-0.39, 0.29) is 12.8 Å². The summed E-state index contributed by atoms with van der Waals surface area (Å²) in [4.78, 5) is 36.7. The molecule has 0 saturated heterocycles. The van der Waals surface area contributed by atoms with E-state index in [2.05, 4.69) is 0 Å². The highest BCUT2D eigenvalue weighted by molar-refractivity contribution is 6.00. The fourth-order valence-corrected chi connectivity index (χ4v) is 2.29. The third-order valence-corrected chi connectivity index (χ3v) is 3.44. The minimum atomic E-state index is -1.22. The molecule has 0 spiro atoms. The zero-order valence-electron chi connectivity index (χ0n) is 13.0. The molecule has 1 atom stereocenters. The highest BCUT2D eigenvalue weighted by atomic mass is 16.4. The molecule has 23 heavy (non-hydrogen) atoms. The second kappa shape index (κ2) is 9.70. The molecule has 1 aromatic carbocycles. The Kier molecular flexibility index (Phi) is 7.93. The molecule has 7 nitrogen and oxygen atoms in total. The van der Waals surface area contributed by atoms with Gasteiger partial charge in [-0.3, -0.25) is 14.5 Å². The number of nitrogens with zero attached hydrogens (tertiary/aromatic N) is 1. The molecular weight excluding hydrogens is 298 g/mol. The number of aliphatic carboxylic acids is 1. The van der Waals surface area contributed by atoms with Crippen LogP contribution in [0.15, 0.2) is 30.3 Å². The van der Waals surface area contributed by atoms with E-state index < -0.39 is 30.4 Å². The van der Waals surface area contributed by atoms with E-state index in [1.807, 2.05) is 6.07 Å². The molecule has 1 aromatic rings. The van der Waals surface area contributed by atoms with Crippen molar-refractivity contribution in [3.05, 3.63) is 35.9 Å². The van der Waals surface area contributed by atoms with Gasteiger partial charge in [-0.2, -0.15) is 0 Å². The largest absolute Gasteiger partial charge is 0.480 e. The Labute approximate surface area is 135 Å². The number of benzene rings is 1. The molecular formula is C16H23N3O4. The van der Waals surface area contributed by atoms with Gasteiger partial charge in [-0.1, -0.05) is 30.3 Å². The van der Waals surface area contributed by atoms with Crippen molar-refractivity contribution in [2.45, 2.75) is 31.7 Å². The van der Waals surface area contributed by atoms with Crippen LogP contribution in [-0.2, 0) is 20.8 Å². The molecule has 7 heteroatoms. The molecule has 2 amide bonds. The minimum Gasteiger partial charge on any atom is -0.480 e. The van der Waals surface area contributed by atoms with Crippen molar-refractivity contribution in [3.8, 4) is 0 Å². The van der Waals surface area contributed by atoms with E-state index in [9.17, 15) is 19.5 Å². The fraction of sp³-hybridized carbons (Fsp3) is 0.438. The number of imide groups is 1. The van der Waals surface area contributed by atoms with E-state index in [1.54, 1.807) is 24.3 Å². The van der Waals surface area contributed by atoms with Gasteiger partial charge in [0.05, 0.1) is 13.0 Å². The van der Waals surface area contributed by atoms with Crippen molar-refractivity contribution >= 4 is 17.8 Å². The van der Waals surface area contributed by atoms with Gasteiger partial charge in [0.2, 0.25) is 11.8 Å². The van der Waals surface area contributed by atoms with Gasteiger partial charge >= 0.3 is 5.97 Å². The van der Waals surface area contributed by atoms with Crippen molar-refractivity contribution in [1.82, 2.24) is 4.90 Å². The molecule has 0 radical (unpaired) electrons. The average Bonchev–Trinajstić information content (AvgIpc) is 2.54. The smallest absolute Gasteiger partial charge is 0.326 e. The number of amides is 2. The van der Waals surface area contributed by atoms with Crippen molar-refractivity contribution in [1.29, 1.82) is 0 Å². The van der Waals surface area contributed by atoms with E-state index in [0.29, 0.717) is 24.9 Å². The lowest BCUT2D eigenvalue weighted by Gasteiger charge is -2.27. The maximum absolute atomic E-state index is 12.5. The minimum absolute atomic E-state index is 0.0484. The number of carbonyl (C=O) groups excluding carboxylic acids is 2. The van der Waals surface area contributed by atoms with Gasteiger partial charge in [0.25, 0.3) is 0 Å². The Morgan fingerprint density at radius 2 is 1.70 bits per heavy atom. The molecule has 5 N–H and O–H groups in total. The van der Waals surface area contributed by atoms with Crippen molar-refractivity contribution in [2.75, 3.05) is 13.1 Å². The first-order valence-corrected chi connectivity index (χ1v) is 7.53. The zero-order chi connectivity index (χ0) is 17.2. The van der Waals surface area contributed by atoms with Crippen LogP contribution in [0, 0.1) is 0 Å². The zero-order valence-corrected chi connectivity index (χ0v) is 13.0. The van der Waals surface area contributed by atoms with E-state index >= 15 is 0 Å².